The van der Waals surface area contributed by atoms with E-state index in [1.165, 1.54) is 12.1 Å². The van der Waals surface area contributed by atoms with Crippen LogP contribution < -0.4 is 4.74 Å². The largest absolute Gasteiger partial charge is 0.489 e. The van der Waals surface area contributed by atoms with Crippen molar-refractivity contribution in [3.63, 3.8) is 0 Å². The van der Waals surface area contributed by atoms with Crippen LogP contribution in [0, 0.1) is 11.6 Å². The minimum absolute atomic E-state index is 0.0997. The standard InChI is InChI=1S/C11H12F3NO/c12-8-6-15(7-8)4-5-16-10-3-1-2-9(13)11(10)14/h1-3,8H,4-7H2. The highest BCUT2D eigenvalue weighted by atomic mass is 19.2. The van der Waals surface area contributed by atoms with E-state index in [-0.39, 0.29) is 12.4 Å². The lowest BCUT2D eigenvalue weighted by Crippen LogP contribution is -2.49. The van der Waals surface area contributed by atoms with Crippen molar-refractivity contribution in [3.8, 4) is 5.75 Å². The van der Waals surface area contributed by atoms with Crippen LogP contribution in [0.15, 0.2) is 18.2 Å². The Morgan fingerprint density at radius 3 is 2.75 bits per heavy atom. The van der Waals surface area contributed by atoms with E-state index in [9.17, 15) is 13.2 Å². The fourth-order valence-corrected chi connectivity index (χ4v) is 1.57. The Bertz CT molecular complexity index is 366. The third-order valence-corrected chi connectivity index (χ3v) is 2.49. The quantitative estimate of drug-likeness (QED) is 0.785. The number of benzene rings is 1. The van der Waals surface area contributed by atoms with E-state index < -0.39 is 17.8 Å². The molecule has 1 fully saturated rings. The highest BCUT2D eigenvalue weighted by Gasteiger charge is 2.25. The van der Waals surface area contributed by atoms with Gasteiger partial charge in [0.05, 0.1) is 0 Å². The first-order valence-electron chi connectivity index (χ1n) is 5.10. The Labute approximate surface area is 91.6 Å². The summed E-state index contributed by atoms with van der Waals surface area (Å²) < 4.78 is 43.4. The van der Waals surface area contributed by atoms with Crippen molar-refractivity contribution in [2.45, 2.75) is 6.17 Å². The zero-order valence-corrected chi connectivity index (χ0v) is 8.63. The van der Waals surface area contributed by atoms with Gasteiger partial charge in [-0.15, -0.1) is 0 Å². The van der Waals surface area contributed by atoms with E-state index in [2.05, 4.69) is 0 Å². The van der Waals surface area contributed by atoms with Crippen LogP contribution >= 0.6 is 0 Å². The molecule has 1 heterocycles. The third kappa shape index (κ3) is 2.47. The number of hydrogen-bond acceptors (Lipinski definition) is 2. The molecule has 0 aromatic heterocycles. The van der Waals surface area contributed by atoms with Gasteiger partial charge in [-0.05, 0) is 12.1 Å². The first kappa shape index (κ1) is 11.3. The number of likely N-dealkylation sites (tertiary alicyclic amines) is 1. The van der Waals surface area contributed by atoms with E-state index in [0.717, 1.165) is 6.07 Å². The van der Waals surface area contributed by atoms with Crippen LogP contribution in [0.5, 0.6) is 5.75 Å². The number of hydrogen-bond donors (Lipinski definition) is 0. The molecule has 0 saturated carbocycles. The molecule has 1 aliphatic heterocycles. The topological polar surface area (TPSA) is 12.5 Å². The molecule has 0 bridgehead atoms. The predicted molar refractivity (Wildman–Crippen MR) is 53.2 cm³/mol. The average molecular weight is 231 g/mol. The molecule has 0 aliphatic carbocycles. The van der Waals surface area contributed by atoms with Crippen LogP contribution in [-0.4, -0.2) is 37.3 Å². The lowest BCUT2D eigenvalue weighted by Gasteiger charge is -2.33. The van der Waals surface area contributed by atoms with Gasteiger partial charge in [0.2, 0.25) is 5.82 Å². The van der Waals surface area contributed by atoms with Crippen LogP contribution in [0.25, 0.3) is 0 Å². The second-order valence-electron chi connectivity index (χ2n) is 3.76. The van der Waals surface area contributed by atoms with Crippen molar-refractivity contribution >= 4 is 0 Å². The van der Waals surface area contributed by atoms with Gasteiger partial charge in [0.15, 0.2) is 11.6 Å². The maximum Gasteiger partial charge on any atom is 0.200 e. The van der Waals surface area contributed by atoms with Gasteiger partial charge in [-0.25, -0.2) is 8.78 Å². The van der Waals surface area contributed by atoms with E-state index in [0.29, 0.717) is 19.6 Å². The van der Waals surface area contributed by atoms with Crippen LogP contribution in [0.3, 0.4) is 0 Å². The molecule has 0 atom stereocenters. The van der Waals surface area contributed by atoms with Gasteiger partial charge in [0.1, 0.15) is 12.8 Å². The minimum atomic E-state index is -0.977. The fourth-order valence-electron chi connectivity index (χ4n) is 1.57. The first-order chi connectivity index (χ1) is 7.66. The zero-order chi connectivity index (χ0) is 11.5. The second kappa shape index (κ2) is 4.74. The van der Waals surface area contributed by atoms with E-state index in [1.807, 2.05) is 4.90 Å². The molecule has 0 N–H and O–H groups in total. The number of alkyl halides is 1. The summed E-state index contributed by atoms with van der Waals surface area (Å²) in [7, 11) is 0. The molecule has 16 heavy (non-hydrogen) atoms. The van der Waals surface area contributed by atoms with Crippen molar-refractivity contribution in [2.75, 3.05) is 26.2 Å². The molecule has 1 aliphatic rings. The van der Waals surface area contributed by atoms with Gasteiger partial charge < -0.3 is 4.74 Å². The maximum atomic E-state index is 13.1. The Hall–Kier alpha value is -1.23. The van der Waals surface area contributed by atoms with E-state index in [4.69, 9.17) is 4.74 Å². The molecule has 2 rings (SSSR count). The normalized spacial score (nSPS) is 17.2. The maximum absolute atomic E-state index is 13.1. The number of nitrogens with zero attached hydrogens (tertiary/aromatic N) is 1. The van der Waals surface area contributed by atoms with Crippen LogP contribution in [0.2, 0.25) is 0 Å². The molecular formula is C11H12F3NO. The average Bonchev–Trinajstić information content (AvgIpc) is 2.21. The van der Waals surface area contributed by atoms with Crippen LogP contribution in [-0.2, 0) is 0 Å². The second-order valence-corrected chi connectivity index (χ2v) is 3.76. The van der Waals surface area contributed by atoms with Gasteiger partial charge in [0.25, 0.3) is 0 Å². The van der Waals surface area contributed by atoms with Crippen LogP contribution in [0.1, 0.15) is 0 Å². The Balaban J connectivity index is 1.79. The summed E-state index contributed by atoms with van der Waals surface area (Å²) in [5.41, 5.74) is 0. The Morgan fingerprint density at radius 1 is 1.31 bits per heavy atom. The molecule has 2 nitrogen and oxygen atoms in total. The van der Waals surface area contributed by atoms with Gasteiger partial charge in [0, 0.05) is 19.6 Å². The molecule has 88 valence electrons. The summed E-state index contributed by atoms with van der Waals surface area (Å²) in [6, 6.07) is 3.78. The van der Waals surface area contributed by atoms with Crippen molar-refractivity contribution in [2.24, 2.45) is 0 Å². The lowest BCUT2D eigenvalue weighted by molar-refractivity contribution is 0.0533. The molecule has 1 saturated heterocycles. The fraction of sp³-hybridized carbons (Fsp3) is 0.455. The molecule has 5 heteroatoms. The van der Waals surface area contributed by atoms with Crippen molar-refractivity contribution in [3.05, 3.63) is 29.8 Å². The highest BCUT2D eigenvalue weighted by Crippen LogP contribution is 2.19. The number of ether oxygens (including phenoxy) is 1. The summed E-state index contributed by atoms with van der Waals surface area (Å²) in [6.45, 7) is 1.55. The summed E-state index contributed by atoms with van der Waals surface area (Å²) in [6.07, 6.45) is -0.758. The van der Waals surface area contributed by atoms with Crippen LogP contribution in [0.4, 0.5) is 13.2 Å². The van der Waals surface area contributed by atoms with Gasteiger partial charge >= 0.3 is 0 Å². The summed E-state index contributed by atoms with van der Waals surface area (Å²) in [5, 5.41) is 0. The number of rotatable bonds is 4. The van der Waals surface area contributed by atoms with Crippen molar-refractivity contribution in [1.82, 2.24) is 4.90 Å². The highest BCUT2D eigenvalue weighted by molar-refractivity contribution is 5.24. The molecular weight excluding hydrogens is 219 g/mol. The zero-order valence-electron chi connectivity index (χ0n) is 8.63. The molecule has 0 spiro atoms. The minimum Gasteiger partial charge on any atom is -0.489 e. The molecule has 0 radical (unpaired) electrons. The summed E-state index contributed by atoms with van der Waals surface area (Å²) in [4.78, 5) is 1.85. The smallest absolute Gasteiger partial charge is 0.200 e. The molecule has 0 amide bonds. The summed E-state index contributed by atoms with van der Waals surface area (Å²) >= 11 is 0. The van der Waals surface area contributed by atoms with Gasteiger partial charge in [-0.1, -0.05) is 6.07 Å². The summed E-state index contributed by atoms with van der Waals surface area (Å²) in [5.74, 6) is -2.00. The lowest BCUT2D eigenvalue weighted by atomic mass is 10.2. The molecule has 1 aromatic rings. The van der Waals surface area contributed by atoms with E-state index >= 15 is 0 Å². The third-order valence-electron chi connectivity index (χ3n) is 2.49. The Morgan fingerprint density at radius 2 is 2.06 bits per heavy atom. The van der Waals surface area contributed by atoms with Gasteiger partial charge in [-0.3, -0.25) is 4.90 Å². The Kier molecular flexibility index (Phi) is 3.33. The SMILES string of the molecule is Fc1cccc(OCCN2CC(F)C2)c1F. The number of halogens is 3. The molecule has 0 unspecified atom stereocenters. The van der Waals surface area contributed by atoms with Crippen molar-refractivity contribution < 1.29 is 17.9 Å². The van der Waals surface area contributed by atoms with Gasteiger partial charge in [-0.2, -0.15) is 4.39 Å². The van der Waals surface area contributed by atoms with E-state index in [1.54, 1.807) is 0 Å². The molecule has 1 aromatic carbocycles. The van der Waals surface area contributed by atoms with Crippen molar-refractivity contribution in [1.29, 1.82) is 0 Å². The predicted octanol–water partition coefficient (Wildman–Crippen LogP) is 2.00. The monoisotopic (exact) mass is 231 g/mol. The first-order valence-corrected chi connectivity index (χ1v) is 5.10.